The van der Waals surface area contributed by atoms with E-state index in [2.05, 4.69) is 4.90 Å². The topological polar surface area (TPSA) is 83.7 Å². The first-order valence-corrected chi connectivity index (χ1v) is 10.2. The molecule has 2 heterocycles. The molecule has 1 saturated carbocycles. The van der Waals surface area contributed by atoms with Crippen molar-refractivity contribution in [2.45, 2.75) is 38.3 Å². The Morgan fingerprint density at radius 2 is 2.05 bits per heavy atom. The average Bonchev–Trinajstić information content (AvgIpc) is 3.08. The minimum atomic E-state index is -2.96. The van der Waals surface area contributed by atoms with Gasteiger partial charge in [-0.2, -0.15) is 0 Å². The fraction of sp³-hybridized carbons (Fsp3) is 0.933. The van der Waals surface area contributed by atoms with Gasteiger partial charge in [0.15, 0.2) is 9.84 Å². The molecule has 0 aromatic heterocycles. The molecule has 0 radical (unpaired) electrons. The number of carbonyl (C=O) groups excluding carboxylic acids is 1. The number of nitrogens with two attached hydrogens (primary N) is 1. The second-order valence-electron chi connectivity index (χ2n) is 7.10. The molecule has 2 N–H and O–H groups in total. The number of likely N-dealkylation sites (N-methyl/N-ethyl adjacent to an activating group) is 1. The summed E-state index contributed by atoms with van der Waals surface area (Å²) in [5, 5.41) is 0. The summed E-state index contributed by atoms with van der Waals surface area (Å²) in [5.74, 6) is 1.59. The van der Waals surface area contributed by atoms with Crippen LogP contribution in [0.4, 0.5) is 0 Å². The number of hydrogen-bond acceptors (Lipinski definition) is 5. The van der Waals surface area contributed by atoms with Gasteiger partial charge in [0.1, 0.15) is 0 Å². The molecule has 0 spiro atoms. The van der Waals surface area contributed by atoms with E-state index in [1.807, 2.05) is 6.92 Å². The fourth-order valence-electron chi connectivity index (χ4n) is 4.47. The van der Waals surface area contributed by atoms with Gasteiger partial charge in [-0.1, -0.05) is 0 Å². The lowest BCUT2D eigenvalue weighted by Crippen LogP contribution is -2.46. The Balaban J connectivity index is 1.57. The van der Waals surface area contributed by atoms with Gasteiger partial charge in [-0.15, -0.1) is 0 Å². The first kappa shape index (κ1) is 16.2. The van der Waals surface area contributed by atoms with Crippen LogP contribution in [0.5, 0.6) is 0 Å². The monoisotopic (exact) mass is 329 g/mol. The Bertz CT molecular complexity index is 536. The largest absolute Gasteiger partial charge is 0.338 e. The molecule has 3 fully saturated rings. The molecule has 0 aromatic carbocycles. The van der Waals surface area contributed by atoms with E-state index in [0.29, 0.717) is 31.3 Å². The van der Waals surface area contributed by atoms with Gasteiger partial charge in [0.2, 0.25) is 5.91 Å². The molecule has 4 atom stereocenters. The number of sulfone groups is 1. The lowest BCUT2D eigenvalue weighted by molar-refractivity contribution is -0.133. The molecule has 2 saturated heterocycles. The zero-order valence-electron chi connectivity index (χ0n) is 13.3. The van der Waals surface area contributed by atoms with Crippen molar-refractivity contribution in [1.82, 2.24) is 9.80 Å². The maximum absolute atomic E-state index is 12.6. The highest BCUT2D eigenvalue weighted by molar-refractivity contribution is 7.91. The zero-order chi connectivity index (χ0) is 15.9. The summed E-state index contributed by atoms with van der Waals surface area (Å²) in [6.07, 6.45) is 2.87. The van der Waals surface area contributed by atoms with Gasteiger partial charge in [-0.3, -0.25) is 9.69 Å². The van der Waals surface area contributed by atoms with Gasteiger partial charge < -0.3 is 10.6 Å². The third-order valence-corrected chi connectivity index (χ3v) is 7.41. The van der Waals surface area contributed by atoms with Crippen molar-refractivity contribution in [2.75, 3.05) is 37.7 Å². The summed E-state index contributed by atoms with van der Waals surface area (Å²) in [4.78, 5) is 16.6. The molecular formula is C15H27N3O3S. The third-order valence-electron chi connectivity index (χ3n) is 5.66. The normalized spacial score (nSPS) is 37.4. The minimum absolute atomic E-state index is 0.0677. The molecule has 0 bridgehead atoms. The molecule has 4 unspecified atom stereocenters. The lowest BCUT2D eigenvalue weighted by Gasteiger charge is -2.29. The third kappa shape index (κ3) is 3.16. The van der Waals surface area contributed by atoms with Crippen molar-refractivity contribution < 1.29 is 13.2 Å². The molecule has 126 valence electrons. The van der Waals surface area contributed by atoms with Gasteiger partial charge in [-0.05, 0) is 38.0 Å². The standard InChI is InChI=1S/C15H27N3O3S/c1-2-18(12-5-6-22(20,21)10-12)15(19)9-17-7-11-3-4-14(16)13(11)8-17/h11-14H,2-10,16H2,1H3. The summed E-state index contributed by atoms with van der Waals surface area (Å²) >= 11 is 0. The second kappa shape index (κ2) is 6.09. The highest BCUT2D eigenvalue weighted by atomic mass is 32.2. The van der Waals surface area contributed by atoms with E-state index in [0.717, 1.165) is 19.5 Å². The number of carbonyl (C=O) groups is 1. The first-order valence-electron chi connectivity index (χ1n) is 8.37. The lowest BCUT2D eigenvalue weighted by atomic mass is 9.98. The maximum atomic E-state index is 12.6. The Labute approximate surface area is 132 Å². The fourth-order valence-corrected chi connectivity index (χ4v) is 6.20. The number of fused-ring (bicyclic) bond motifs is 1. The predicted molar refractivity (Wildman–Crippen MR) is 85.1 cm³/mol. The number of nitrogens with zero attached hydrogens (tertiary/aromatic N) is 2. The van der Waals surface area contributed by atoms with Crippen molar-refractivity contribution in [1.29, 1.82) is 0 Å². The summed E-state index contributed by atoms with van der Waals surface area (Å²) in [6, 6.07) is 0.152. The molecule has 1 amide bonds. The van der Waals surface area contributed by atoms with Crippen molar-refractivity contribution in [3.8, 4) is 0 Å². The van der Waals surface area contributed by atoms with E-state index in [9.17, 15) is 13.2 Å². The number of likely N-dealkylation sites (tertiary alicyclic amines) is 1. The average molecular weight is 329 g/mol. The van der Waals surface area contributed by atoms with E-state index in [4.69, 9.17) is 5.73 Å². The van der Waals surface area contributed by atoms with Crippen molar-refractivity contribution in [3.63, 3.8) is 0 Å². The number of rotatable bonds is 4. The molecule has 22 heavy (non-hydrogen) atoms. The SMILES string of the molecule is CCN(C(=O)CN1CC2CCC(N)C2C1)C1CCS(=O)(=O)C1. The van der Waals surface area contributed by atoms with Crippen molar-refractivity contribution in [3.05, 3.63) is 0 Å². The predicted octanol–water partition coefficient (Wildman–Crippen LogP) is -0.309. The van der Waals surface area contributed by atoms with E-state index in [-0.39, 0.29) is 29.5 Å². The van der Waals surface area contributed by atoms with Crippen molar-refractivity contribution in [2.24, 2.45) is 17.6 Å². The van der Waals surface area contributed by atoms with E-state index < -0.39 is 9.84 Å². The summed E-state index contributed by atoms with van der Waals surface area (Å²) < 4.78 is 23.3. The van der Waals surface area contributed by atoms with E-state index in [1.54, 1.807) is 4.90 Å². The molecule has 3 rings (SSSR count). The first-order chi connectivity index (χ1) is 10.4. The Kier molecular flexibility index (Phi) is 4.49. The van der Waals surface area contributed by atoms with Gasteiger partial charge in [0.25, 0.3) is 0 Å². The van der Waals surface area contributed by atoms with Crippen LogP contribution in [0.2, 0.25) is 0 Å². The summed E-state index contributed by atoms with van der Waals surface area (Å²) in [6.45, 7) is 4.80. The maximum Gasteiger partial charge on any atom is 0.237 e. The van der Waals surface area contributed by atoms with Crippen LogP contribution in [0.25, 0.3) is 0 Å². The molecule has 7 heteroatoms. The molecule has 0 aromatic rings. The molecular weight excluding hydrogens is 302 g/mol. The van der Waals surface area contributed by atoms with Crippen molar-refractivity contribution >= 4 is 15.7 Å². The molecule has 3 aliphatic rings. The van der Waals surface area contributed by atoms with Crippen LogP contribution >= 0.6 is 0 Å². The number of hydrogen-bond donors (Lipinski definition) is 1. The van der Waals surface area contributed by atoms with E-state index >= 15 is 0 Å². The van der Waals surface area contributed by atoms with Gasteiger partial charge >= 0.3 is 0 Å². The zero-order valence-corrected chi connectivity index (χ0v) is 14.1. The Morgan fingerprint density at radius 1 is 1.27 bits per heavy atom. The van der Waals surface area contributed by atoms with Crippen LogP contribution in [0.15, 0.2) is 0 Å². The molecule has 2 aliphatic heterocycles. The van der Waals surface area contributed by atoms with Gasteiger partial charge in [-0.25, -0.2) is 8.42 Å². The van der Waals surface area contributed by atoms with Crippen LogP contribution in [0.3, 0.4) is 0 Å². The van der Waals surface area contributed by atoms with Gasteiger partial charge in [0, 0.05) is 31.7 Å². The van der Waals surface area contributed by atoms with Crippen LogP contribution < -0.4 is 5.73 Å². The minimum Gasteiger partial charge on any atom is -0.338 e. The van der Waals surface area contributed by atoms with Crippen LogP contribution in [-0.2, 0) is 14.6 Å². The highest BCUT2D eigenvalue weighted by Gasteiger charge is 2.42. The molecule has 6 nitrogen and oxygen atoms in total. The van der Waals surface area contributed by atoms with Crippen LogP contribution in [-0.4, -0.2) is 73.9 Å². The summed E-state index contributed by atoms with van der Waals surface area (Å²) in [5.41, 5.74) is 6.14. The quantitative estimate of drug-likeness (QED) is 0.765. The molecule has 1 aliphatic carbocycles. The van der Waals surface area contributed by atoms with E-state index in [1.165, 1.54) is 6.42 Å². The van der Waals surface area contributed by atoms with Gasteiger partial charge in [0.05, 0.1) is 18.1 Å². The highest BCUT2D eigenvalue weighted by Crippen LogP contribution is 2.37. The summed E-state index contributed by atoms with van der Waals surface area (Å²) in [7, 11) is -2.96. The smallest absolute Gasteiger partial charge is 0.237 e. The second-order valence-corrected chi connectivity index (χ2v) is 9.32. The van der Waals surface area contributed by atoms with Crippen LogP contribution in [0, 0.1) is 11.8 Å². The Hall–Kier alpha value is -0.660. The Morgan fingerprint density at radius 3 is 2.64 bits per heavy atom. The van der Waals surface area contributed by atoms with Crippen LogP contribution in [0.1, 0.15) is 26.2 Å². The number of amides is 1.